The molecule has 0 aliphatic carbocycles. The van der Waals surface area contributed by atoms with Gasteiger partial charge in [-0.3, -0.25) is 0 Å². The van der Waals surface area contributed by atoms with E-state index < -0.39 is 0 Å². The summed E-state index contributed by atoms with van der Waals surface area (Å²) in [6.07, 6.45) is 1.66. The van der Waals surface area contributed by atoms with Crippen LogP contribution in [0.2, 0.25) is 5.02 Å². The van der Waals surface area contributed by atoms with E-state index >= 15 is 0 Å². The van der Waals surface area contributed by atoms with Crippen molar-refractivity contribution in [2.75, 3.05) is 13.7 Å². The second-order valence-corrected chi connectivity index (χ2v) is 6.12. The summed E-state index contributed by atoms with van der Waals surface area (Å²) in [6.45, 7) is -0.0677. The number of hydrogen-bond donors (Lipinski definition) is 0. The molecule has 0 saturated heterocycles. The first-order valence-electron chi connectivity index (χ1n) is 7.75. The van der Waals surface area contributed by atoms with Crippen molar-refractivity contribution in [1.29, 1.82) is 5.26 Å². The van der Waals surface area contributed by atoms with Crippen LogP contribution in [-0.4, -0.2) is 23.9 Å². The third-order valence-corrected chi connectivity index (χ3v) is 4.03. The highest BCUT2D eigenvalue weighted by Gasteiger charge is 2.12. The Balaban J connectivity index is 1.83. The van der Waals surface area contributed by atoms with Crippen LogP contribution in [-0.2, 0) is 0 Å². The van der Waals surface area contributed by atoms with Gasteiger partial charge in [-0.15, -0.1) is 0 Å². The first-order valence-corrected chi connectivity index (χ1v) is 8.51. The van der Waals surface area contributed by atoms with Crippen molar-refractivity contribution < 1.29 is 14.0 Å². The lowest BCUT2D eigenvalue weighted by Crippen LogP contribution is -1.96. The second kappa shape index (κ2) is 8.58. The fraction of sp³-hybridized carbons (Fsp3) is 0.105. The maximum absolute atomic E-state index is 8.62. The molecule has 2 aromatic carbocycles. The van der Waals surface area contributed by atoms with Crippen LogP contribution in [0.15, 0.2) is 47.0 Å². The van der Waals surface area contributed by atoms with Crippen LogP contribution in [0.5, 0.6) is 11.5 Å². The average Bonchev–Trinajstić information content (AvgIpc) is 3.17. The average molecular weight is 402 g/mol. The number of rotatable bonds is 6. The molecule has 3 rings (SSSR count). The Hall–Kier alpha value is -3.01. The summed E-state index contributed by atoms with van der Waals surface area (Å²) in [4.78, 5) is 4.29. The molecule has 0 aliphatic heterocycles. The van der Waals surface area contributed by atoms with Gasteiger partial charge in [0.15, 0.2) is 18.1 Å². The van der Waals surface area contributed by atoms with Crippen LogP contribution in [0.25, 0.3) is 22.5 Å². The summed E-state index contributed by atoms with van der Waals surface area (Å²) >= 11 is 12.2. The molecule has 0 unspecified atom stereocenters. The quantitative estimate of drug-likeness (QED) is 0.575. The van der Waals surface area contributed by atoms with Gasteiger partial charge in [-0.2, -0.15) is 10.2 Å². The molecule has 0 atom stereocenters. The van der Waals surface area contributed by atoms with Gasteiger partial charge in [0.1, 0.15) is 11.1 Å². The monoisotopic (exact) mass is 401 g/mol. The molecule has 8 heteroatoms. The van der Waals surface area contributed by atoms with Crippen molar-refractivity contribution in [2.24, 2.45) is 0 Å². The van der Waals surface area contributed by atoms with E-state index in [-0.39, 0.29) is 17.5 Å². The molecule has 1 aromatic heterocycles. The number of methoxy groups -OCH3 is 1. The SMILES string of the molecule is COc1cc(/C=C(\Cl)c2nc(-c3ccc(Cl)cc3)no2)ccc1OCC#N. The molecule has 0 radical (unpaired) electrons. The fourth-order valence-electron chi connectivity index (χ4n) is 2.25. The number of halogens is 2. The molecule has 3 aromatic rings. The summed E-state index contributed by atoms with van der Waals surface area (Å²) < 4.78 is 15.8. The standard InChI is InChI=1S/C19H13Cl2N3O3/c1-25-17-11-12(2-7-16(17)26-9-8-22)10-15(21)19-23-18(24-27-19)13-3-5-14(20)6-4-13/h2-7,10-11H,9H2,1H3/b15-10-. The van der Waals surface area contributed by atoms with Crippen molar-refractivity contribution in [1.82, 2.24) is 10.1 Å². The summed E-state index contributed by atoms with van der Waals surface area (Å²) in [5.74, 6) is 1.54. The summed E-state index contributed by atoms with van der Waals surface area (Å²) in [5.41, 5.74) is 1.51. The van der Waals surface area contributed by atoms with Gasteiger partial charge in [0.2, 0.25) is 5.82 Å². The first kappa shape index (κ1) is 18.8. The molecule has 0 aliphatic rings. The molecule has 0 amide bonds. The lowest BCUT2D eigenvalue weighted by Gasteiger charge is -2.08. The Morgan fingerprint density at radius 1 is 1.22 bits per heavy atom. The normalized spacial score (nSPS) is 11.1. The fourth-order valence-corrected chi connectivity index (χ4v) is 2.58. The zero-order valence-electron chi connectivity index (χ0n) is 14.1. The molecule has 136 valence electrons. The van der Waals surface area contributed by atoms with Gasteiger partial charge in [0.25, 0.3) is 5.89 Å². The van der Waals surface area contributed by atoms with Crippen LogP contribution in [0.3, 0.4) is 0 Å². The highest BCUT2D eigenvalue weighted by Crippen LogP contribution is 2.31. The zero-order chi connectivity index (χ0) is 19.2. The second-order valence-electron chi connectivity index (χ2n) is 5.28. The third-order valence-electron chi connectivity index (χ3n) is 3.51. The summed E-state index contributed by atoms with van der Waals surface area (Å²) in [7, 11) is 1.51. The third kappa shape index (κ3) is 4.59. The molecular weight excluding hydrogens is 389 g/mol. The minimum Gasteiger partial charge on any atom is -0.493 e. The van der Waals surface area contributed by atoms with Gasteiger partial charge >= 0.3 is 0 Å². The number of hydrogen-bond acceptors (Lipinski definition) is 6. The van der Waals surface area contributed by atoms with Gasteiger partial charge < -0.3 is 14.0 Å². The number of benzene rings is 2. The van der Waals surface area contributed by atoms with Crippen molar-refractivity contribution in [3.63, 3.8) is 0 Å². The smallest absolute Gasteiger partial charge is 0.269 e. The van der Waals surface area contributed by atoms with Crippen LogP contribution < -0.4 is 9.47 Å². The largest absolute Gasteiger partial charge is 0.493 e. The maximum atomic E-state index is 8.62. The maximum Gasteiger partial charge on any atom is 0.269 e. The summed E-state index contributed by atoms with van der Waals surface area (Å²) in [6, 6.07) is 14.2. The van der Waals surface area contributed by atoms with Gasteiger partial charge in [0.05, 0.1) is 7.11 Å². The number of aromatic nitrogens is 2. The lowest BCUT2D eigenvalue weighted by atomic mass is 10.2. The van der Waals surface area contributed by atoms with E-state index in [9.17, 15) is 0 Å². The molecule has 0 N–H and O–H groups in total. The number of nitrogens with zero attached hydrogens (tertiary/aromatic N) is 3. The van der Waals surface area contributed by atoms with Gasteiger partial charge in [-0.05, 0) is 48.0 Å². The number of nitriles is 1. The minimum atomic E-state index is -0.0677. The molecule has 0 bridgehead atoms. The van der Waals surface area contributed by atoms with Crippen molar-refractivity contribution in [3.8, 4) is 29.0 Å². The van der Waals surface area contributed by atoms with Crippen LogP contribution >= 0.6 is 23.2 Å². The van der Waals surface area contributed by atoms with Crippen LogP contribution in [0.4, 0.5) is 0 Å². The van der Waals surface area contributed by atoms with E-state index in [0.29, 0.717) is 22.3 Å². The predicted octanol–water partition coefficient (Wildman–Crippen LogP) is 5.04. The molecule has 0 spiro atoms. The van der Waals surface area contributed by atoms with Gasteiger partial charge in [0, 0.05) is 10.6 Å². The van der Waals surface area contributed by atoms with E-state index in [2.05, 4.69) is 10.1 Å². The van der Waals surface area contributed by atoms with Crippen molar-refractivity contribution in [3.05, 3.63) is 58.9 Å². The molecular formula is C19H13Cl2N3O3. The Labute approximate surface area is 165 Å². The van der Waals surface area contributed by atoms with E-state index in [1.807, 2.05) is 6.07 Å². The Morgan fingerprint density at radius 3 is 2.70 bits per heavy atom. The molecule has 27 heavy (non-hydrogen) atoms. The molecule has 0 fully saturated rings. The van der Waals surface area contributed by atoms with Gasteiger partial charge in [-0.1, -0.05) is 34.4 Å². The molecule has 0 saturated carbocycles. The van der Waals surface area contributed by atoms with E-state index in [0.717, 1.165) is 11.1 Å². The lowest BCUT2D eigenvalue weighted by molar-refractivity contribution is 0.329. The Kier molecular flexibility index (Phi) is 5.97. The Morgan fingerprint density at radius 2 is 2.00 bits per heavy atom. The molecule has 6 nitrogen and oxygen atoms in total. The van der Waals surface area contributed by atoms with E-state index in [1.54, 1.807) is 48.5 Å². The van der Waals surface area contributed by atoms with Crippen LogP contribution in [0.1, 0.15) is 11.5 Å². The van der Waals surface area contributed by atoms with Gasteiger partial charge in [-0.25, -0.2) is 0 Å². The van der Waals surface area contributed by atoms with Crippen LogP contribution in [0, 0.1) is 11.3 Å². The van der Waals surface area contributed by atoms with E-state index in [1.165, 1.54) is 7.11 Å². The molecule has 1 heterocycles. The minimum absolute atomic E-state index is 0.0677. The highest BCUT2D eigenvalue weighted by atomic mass is 35.5. The summed E-state index contributed by atoms with van der Waals surface area (Å²) in [5, 5.41) is 13.4. The highest BCUT2D eigenvalue weighted by molar-refractivity contribution is 6.50. The zero-order valence-corrected chi connectivity index (χ0v) is 15.7. The Bertz CT molecular complexity index is 1010. The van der Waals surface area contributed by atoms with E-state index in [4.69, 9.17) is 42.5 Å². The first-order chi connectivity index (χ1) is 13.1. The predicted molar refractivity (Wildman–Crippen MR) is 103 cm³/mol. The number of ether oxygens (including phenoxy) is 2. The van der Waals surface area contributed by atoms with Crippen molar-refractivity contribution in [2.45, 2.75) is 0 Å². The topological polar surface area (TPSA) is 81.2 Å². The van der Waals surface area contributed by atoms with Crippen molar-refractivity contribution >= 4 is 34.3 Å².